The summed E-state index contributed by atoms with van der Waals surface area (Å²) in [5, 5.41) is 0. The maximum absolute atomic E-state index is 13.1. The second kappa shape index (κ2) is 6.37. The topological polar surface area (TPSA) is 17.1 Å². The van der Waals surface area contributed by atoms with Crippen LogP contribution in [0.3, 0.4) is 0 Å². The molecule has 0 saturated carbocycles. The first-order valence-corrected chi connectivity index (χ1v) is 7.65. The lowest BCUT2D eigenvalue weighted by Gasteiger charge is -2.20. The maximum Gasteiger partial charge on any atom is 0.137 e. The SMILES string of the molecule is Cc1ccc(F)cc1CC(=O)CC1CCSCC1. The number of hydrogen-bond acceptors (Lipinski definition) is 2. The van der Waals surface area contributed by atoms with Crippen LogP contribution in [0.15, 0.2) is 18.2 Å². The smallest absolute Gasteiger partial charge is 0.137 e. The van der Waals surface area contributed by atoms with Gasteiger partial charge in [-0.05, 0) is 60.4 Å². The largest absolute Gasteiger partial charge is 0.299 e. The monoisotopic (exact) mass is 266 g/mol. The van der Waals surface area contributed by atoms with Crippen molar-refractivity contribution >= 4 is 17.5 Å². The minimum Gasteiger partial charge on any atom is -0.299 e. The number of rotatable bonds is 4. The molecule has 0 spiro atoms. The number of carbonyl (C=O) groups is 1. The summed E-state index contributed by atoms with van der Waals surface area (Å²) in [6.45, 7) is 1.93. The van der Waals surface area contributed by atoms with Crippen molar-refractivity contribution in [2.24, 2.45) is 5.92 Å². The van der Waals surface area contributed by atoms with E-state index in [1.54, 1.807) is 6.07 Å². The number of aryl methyl sites for hydroxylation is 1. The van der Waals surface area contributed by atoms with Crippen molar-refractivity contribution in [1.82, 2.24) is 0 Å². The fraction of sp³-hybridized carbons (Fsp3) is 0.533. The predicted octanol–water partition coefficient (Wildman–Crippen LogP) is 3.78. The molecule has 0 bridgehead atoms. The van der Waals surface area contributed by atoms with Crippen molar-refractivity contribution in [2.75, 3.05) is 11.5 Å². The van der Waals surface area contributed by atoms with Gasteiger partial charge in [0.05, 0.1) is 0 Å². The Hall–Kier alpha value is -0.830. The highest BCUT2D eigenvalue weighted by Crippen LogP contribution is 2.26. The molecule has 0 unspecified atom stereocenters. The molecule has 1 nitrogen and oxygen atoms in total. The molecule has 1 aliphatic heterocycles. The van der Waals surface area contributed by atoms with Crippen LogP contribution in [0.1, 0.15) is 30.4 Å². The van der Waals surface area contributed by atoms with E-state index >= 15 is 0 Å². The molecule has 1 aromatic rings. The maximum atomic E-state index is 13.1. The van der Waals surface area contributed by atoms with Gasteiger partial charge in [0.1, 0.15) is 11.6 Å². The van der Waals surface area contributed by atoms with Gasteiger partial charge in [-0.15, -0.1) is 0 Å². The molecule has 0 N–H and O–H groups in total. The van der Waals surface area contributed by atoms with Crippen molar-refractivity contribution in [3.05, 3.63) is 35.1 Å². The van der Waals surface area contributed by atoms with E-state index in [0.717, 1.165) is 24.0 Å². The lowest BCUT2D eigenvalue weighted by molar-refractivity contribution is -0.119. The normalized spacial score (nSPS) is 16.8. The van der Waals surface area contributed by atoms with E-state index in [1.807, 2.05) is 18.7 Å². The van der Waals surface area contributed by atoms with Gasteiger partial charge >= 0.3 is 0 Å². The number of thioether (sulfide) groups is 1. The number of benzene rings is 1. The van der Waals surface area contributed by atoms with Gasteiger partial charge in [0.2, 0.25) is 0 Å². The van der Waals surface area contributed by atoms with E-state index in [4.69, 9.17) is 0 Å². The molecule has 0 radical (unpaired) electrons. The molecular formula is C15H19FOS. The Morgan fingerprint density at radius 1 is 1.39 bits per heavy atom. The van der Waals surface area contributed by atoms with E-state index in [2.05, 4.69) is 0 Å². The Morgan fingerprint density at radius 3 is 2.83 bits per heavy atom. The Morgan fingerprint density at radius 2 is 2.11 bits per heavy atom. The van der Waals surface area contributed by atoms with Crippen molar-refractivity contribution in [3.63, 3.8) is 0 Å². The lowest BCUT2D eigenvalue weighted by Crippen LogP contribution is -2.16. The quantitative estimate of drug-likeness (QED) is 0.825. The van der Waals surface area contributed by atoms with Gasteiger partial charge in [-0.2, -0.15) is 11.8 Å². The van der Waals surface area contributed by atoms with Crippen molar-refractivity contribution in [2.45, 2.75) is 32.6 Å². The number of carbonyl (C=O) groups excluding carboxylic acids is 1. The highest BCUT2D eigenvalue weighted by molar-refractivity contribution is 7.99. The van der Waals surface area contributed by atoms with Crippen LogP contribution in [-0.4, -0.2) is 17.3 Å². The average molecular weight is 266 g/mol. The van der Waals surface area contributed by atoms with E-state index < -0.39 is 0 Å². The molecule has 0 aliphatic carbocycles. The standard InChI is InChI=1S/C15H19FOS/c1-11-2-3-14(16)9-13(11)10-15(17)8-12-4-6-18-7-5-12/h2-3,9,12H,4-8,10H2,1H3. The average Bonchev–Trinajstić information content (AvgIpc) is 2.35. The third kappa shape index (κ3) is 3.84. The van der Waals surface area contributed by atoms with Gasteiger partial charge in [-0.1, -0.05) is 6.07 Å². The Kier molecular flexibility index (Phi) is 4.81. The molecule has 3 heteroatoms. The van der Waals surface area contributed by atoms with Gasteiger partial charge < -0.3 is 0 Å². The van der Waals surface area contributed by atoms with E-state index in [9.17, 15) is 9.18 Å². The fourth-order valence-corrected chi connectivity index (χ4v) is 3.59. The molecule has 2 rings (SSSR count). The second-order valence-electron chi connectivity index (χ2n) is 5.05. The summed E-state index contributed by atoms with van der Waals surface area (Å²) < 4.78 is 13.1. The van der Waals surface area contributed by atoms with Crippen LogP contribution in [0.4, 0.5) is 4.39 Å². The molecule has 1 heterocycles. The highest BCUT2D eigenvalue weighted by Gasteiger charge is 2.17. The molecule has 0 aromatic heterocycles. The molecule has 1 fully saturated rings. The number of hydrogen-bond donors (Lipinski definition) is 0. The lowest BCUT2D eigenvalue weighted by atomic mass is 9.93. The van der Waals surface area contributed by atoms with Crippen LogP contribution in [0, 0.1) is 18.7 Å². The van der Waals surface area contributed by atoms with E-state index in [1.165, 1.54) is 23.6 Å². The molecule has 0 amide bonds. The summed E-state index contributed by atoms with van der Waals surface area (Å²) >= 11 is 1.97. The van der Waals surface area contributed by atoms with Crippen LogP contribution in [0.5, 0.6) is 0 Å². The molecule has 18 heavy (non-hydrogen) atoms. The fourth-order valence-electron chi connectivity index (χ4n) is 2.39. The van der Waals surface area contributed by atoms with Crippen LogP contribution in [0.25, 0.3) is 0 Å². The van der Waals surface area contributed by atoms with Crippen LogP contribution in [0.2, 0.25) is 0 Å². The molecule has 1 aliphatic rings. The van der Waals surface area contributed by atoms with E-state index in [0.29, 0.717) is 18.8 Å². The van der Waals surface area contributed by atoms with Crippen molar-refractivity contribution in [3.8, 4) is 0 Å². The number of ketones is 1. The van der Waals surface area contributed by atoms with Gasteiger partial charge in [0, 0.05) is 12.8 Å². The second-order valence-corrected chi connectivity index (χ2v) is 6.27. The van der Waals surface area contributed by atoms with Crippen molar-refractivity contribution in [1.29, 1.82) is 0 Å². The first-order chi connectivity index (χ1) is 8.65. The van der Waals surface area contributed by atoms with Crippen LogP contribution < -0.4 is 0 Å². The summed E-state index contributed by atoms with van der Waals surface area (Å²) in [7, 11) is 0. The van der Waals surface area contributed by atoms with Crippen LogP contribution in [-0.2, 0) is 11.2 Å². The van der Waals surface area contributed by atoms with Gasteiger partial charge in [-0.3, -0.25) is 4.79 Å². The molecular weight excluding hydrogens is 247 g/mol. The zero-order chi connectivity index (χ0) is 13.0. The zero-order valence-corrected chi connectivity index (χ0v) is 11.6. The highest BCUT2D eigenvalue weighted by atomic mass is 32.2. The Labute approximate surface area is 112 Å². The predicted molar refractivity (Wildman–Crippen MR) is 74.5 cm³/mol. The molecule has 1 aromatic carbocycles. The van der Waals surface area contributed by atoms with Gasteiger partial charge in [0.25, 0.3) is 0 Å². The van der Waals surface area contributed by atoms with Crippen LogP contribution >= 0.6 is 11.8 Å². The third-order valence-corrected chi connectivity index (χ3v) is 4.60. The van der Waals surface area contributed by atoms with E-state index in [-0.39, 0.29) is 11.6 Å². The summed E-state index contributed by atoms with van der Waals surface area (Å²) in [6, 6.07) is 4.68. The molecule has 98 valence electrons. The first kappa shape index (κ1) is 13.6. The third-order valence-electron chi connectivity index (χ3n) is 3.56. The van der Waals surface area contributed by atoms with Gasteiger partial charge in [0.15, 0.2) is 0 Å². The summed E-state index contributed by atoms with van der Waals surface area (Å²) in [5.41, 5.74) is 1.84. The minimum absolute atomic E-state index is 0.251. The Bertz CT molecular complexity index is 425. The van der Waals surface area contributed by atoms with Gasteiger partial charge in [-0.25, -0.2) is 4.39 Å². The summed E-state index contributed by atoms with van der Waals surface area (Å²) in [6.07, 6.45) is 3.35. The first-order valence-electron chi connectivity index (χ1n) is 6.49. The number of halogens is 1. The molecule has 0 atom stereocenters. The van der Waals surface area contributed by atoms with Crippen molar-refractivity contribution < 1.29 is 9.18 Å². The summed E-state index contributed by atoms with van der Waals surface area (Å²) in [4.78, 5) is 12.0. The minimum atomic E-state index is -0.252. The Balaban J connectivity index is 1.92. The summed E-state index contributed by atoms with van der Waals surface area (Å²) in [5.74, 6) is 2.90. The zero-order valence-electron chi connectivity index (χ0n) is 10.7. The molecule has 1 saturated heterocycles. The number of Topliss-reactive ketones (excluding diaryl/α,β-unsaturated/α-hetero) is 1.